The zero-order valence-electron chi connectivity index (χ0n) is 11.8. The zero-order chi connectivity index (χ0) is 13.5. The molecule has 0 bridgehead atoms. The third-order valence-corrected chi connectivity index (χ3v) is 4.82. The second-order valence-corrected chi connectivity index (χ2v) is 5.97. The van der Waals surface area contributed by atoms with Gasteiger partial charge in [0.2, 0.25) is 0 Å². The van der Waals surface area contributed by atoms with E-state index in [2.05, 4.69) is 11.9 Å². The Bertz CT molecular complexity index is 476. The van der Waals surface area contributed by atoms with Crippen LogP contribution in [-0.4, -0.2) is 31.6 Å². The Morgan fingerprint density at radius 2 is 2.32 bits per heavy atom. The van der Waals surface area contributed by atoms with Crippen LogP contribution in [0.1, 0.15) is 36.8 Å². The van der Waals surface area contributed by atoms with E-state index in [4.69, 9.17) is 4.74 Å². The number of hydrogen-bond donors (Lipinski definition) is 0. The van der Waals surface area contributed by atoms with Crippen molar-refractivity contribution in [2.75, 3.05) is 20.7 Å². The molecule has 1 aromatic rings. The third-order valence-electron chi connectivity index (χ3n) is 4.82. The van der Waals surface area contributed by atoms with Crippen LogP contribution in [-0.2, 0) is 12.1 Å². The minimum Gasteiger partial charge on any atom is -0.497 e. The lowest BCUT2D eigenvalue weighted by Gasteiger charge is -2.28. The second-order valence-electron chi connectivity index (χ2n) is 5.97. The number of halogens is 1. The monoisotopic (exact) mass is 263 g/mol. The van der Waals surface area contributed by atoms with Crippen LogP contribution in [0.25, 0.3) is 0 Å². The molecule has 0 spiro atoms. The van der Waals surface area contributed by atoms with Crippen molar-refractivity contribution in [2.45, 2.75) is 43.8 Å². The molecule has 19 heavy (non-hydrogen) atoms. The average Bonchev–Trinajstić information content (AvgIpc) is 2.95. The van der Waals surface area contributed by atoms with Crippen LogP contribution in [0.5, 0.6) is 5.75 Å². The Kier molecular flexibility index (Phi) is 3.25. The van der Waals surface area contributed by atoms with Gasteiger partial charge >= 0.3 is 0 Å². The molecule has 1 aromatic carbocycles. The Hall–Kier alpha value is -1.09. The minimum atomic E-state index is -1.16. The van der Waals surface area contributed by atoms with Crippen molar-refractivity contribution in [3.63, 3.8) is 0 Å². The van der Waals surface area contributed by atoms with E-state index in [0.717, 1.165) is 36.3 Å². The predicted octanol–water partition coefficient (Wildman–Crippen LogP) is 3.29. The lowest BCUT2D eigenvalue weighted by atomic mass is 9.89. The third kappa shape index (κ3) is 2.25. The Morgan fingerprint density at radius 1 is 1.47 bits per heavy atom. The Balaban J connectivity index is 1.86. The molecule has 0 saturated carbocycles. The lowest BCUT2D eigenvalue weighted by molar-refractivity contribution is 0.109. The van der Waals surface area contributed by atoms with Gasteiger partial charge in [0.25, 0.3) is 0 Å². The van der Waals surface area contributed by atoms with Gasteiger partial charge in [0, 0.05) is 12.5 Å². The highest BCUT2D eigenvalue weighted by Gasteiger charge is 2.42. The SMILES string of the molecule is COc1ccc2c(c1)C(F)(C[C@@H]1CCCN1C)CC2. The van der Waals surface area contributed by atoms with Crippen LogP contribution in [0, 0.1) is 0 Å². The van der Waals surface area contributed by atoms with Crippen molar-refractivity contribution in [3.8, 4) is 5.75 Å². The summed E-state index contributed by atoms with van der Waals surface area (Å²) in [6.07, 6.45) is 4.43. The molecule has 0 N–H and O–H groups in total. The molecule has 2 aliphatic rings. The summed E-state index contributed by atoms with van der Waals surface area (Å²) in [5.41, 5.74) is 0.865. The van der Waals surface area contributed by atoms with E-state index in [0.29, 0.717) is 18.9 Å². The summed E-state index contributed by atoms with van der Waals surface area (Å²) < 4.78 is 20.6. The molecular weight excluding hydrogens is 241 g/mol. The standard InChI is InChI=1S/C16H22FNO/c1-18-9-3-4-13(18)11-16(17)8-7-12-5-6-14(19-2)10-15(12)16/h5-6,10,13H,3-4,7-9,11H2,1-2H3/t13-,16?/m0/s1. The van der Waals surface area contributed by atoms with E-state index in [1.165, 1.54) is 6.42 Å². The molecule has 0 amide bonds. The maximum Gasteiger partial charge on any atom is 0.138 e. The number of alkyl halides is 1. The van der Waals surface area contributed by atoms with Crippen molar-refractivity contribution in [1.82, 2.24) is 4.90 Å². The van der Waals surface area contributed by atoms with E-state index in [-0.39, 0.29) is 0 Å². The molecule has 1 fully saturated rings. The summed E-state index contributed by atoms with van der Waals surface area (Å²) in [4.78, 5) is 2.31. The van der Waals surface area contributed by atoms with E-state index in [1.54, 1.807) is 7.11 Å². The number of methoxy groups -OCH3 is 1. The van der Waals surface area contributed by atoms with Crippen molar-refractivity contribution < 1.29 is 9.13 Å². The minimum absolute atomic E-state index is 0.391. The van der Waals surface area contributed by atoms with Gasteiger partial charge < -0.3 is 9.64 Å². The fraction of sp³-hybridized carbons (Fsp3) is 0.625. The maximum atomic E-state index is 15.4. The molecule has 1 heterocycles. The predicted molar refractivity (Wildman–Crippen MR) is 74.4 cm³/mol. The summed E-state index contributed by atoms with van der Waals surface area (Å²) in [5, 5.41) is 0. The summed E-state index contributed by atoms with van der Waals surface area (Å²) >= 11 is 0. The van der Waals surface area contributed by atoms with E-state index >= 15 is 4.39 Å². The zero-order valence-corrected chi connectivity index (χ0v) is 11.8. The van der Waals surface area contributed by atoms with Crippen LogP contribution >= 0.6 is 0 Å². The number of rotatable bonds is 3. The van der Waals surface area contributed by atoms with Crippen molar-refractivity contribution in [1.29, 1.82) is 0 Å². The van der Waals surface area contributed by atoms with Gasteiger partial charge in [0.15, 0.2) is 0 Å². The molecule has 1 aliphatic heterocycles. The van der Waals surface area contributed by atoms with Gasteiger partial charge in [-0.05, 0) is 62.5 Å². The first-order valence-electron chi connectivity index (χ1n) is 7.19. The molecule has 1 saturated heterocycles. The van der Waals surface area contributed by atoms with Gasteiger partial charge in [0.1, 0.15) is 11.4 Å². The van der Waals surface area contributed by atoms with Gasteiger partial charge in [-0.25, -0.2) is 4.39 Å². The van der Waals surface area contributed by atoms with Gasteiger partial charge in [-0.1, -0.05) is 6.07 Å². The van der Waals surface area contributed by atoms with Gasteiger partial charge in [0.05, 0.1) is 7.11 Å². The van der Waals surface area contributed by atoms with Crippen LogP contribution in [0.3, 0.4) is 0 Å². The molecule has 2 atom stereocenters. The molecule has 3 heteroatoms. The highest BCUT2D eigenvalue weighted by Crippen LogP contribution is 2.46. The van der Waals surface area contributed by atoms with Crippen molar-refractivity contribution in [2.24, 2.45) is 0 Å². The number of ether oxygens (including phenoxy) is 1. The van der Waals surface area contributed by atoms with Gasteiger partial charge in [-0.15, -0.1) is 0 Å². The van der Waals surface area contributed by atoms with E-state index < -0.39 is 5.67 Å². The second kappa shape index (κ2) is 4.78. The smallest absolute Gasteiger partial charge is 0.138 e. The summed E-state index contributed by atoms with van der Waals surface area (Å²) in [6.45, 7) is 1.10. The van der Waals surface area contributed by atoms with Gasteiger partial charge in [-0.3, -0.25) is 0 Å². The number of aryl methyl sites for hydroxylation is 1. The normalized spacial score (nSPS) is 30.6. The molecule has 1 aliphatic carbocycles. The molecule has 104 valence electrons. The molecule has 0 aromatic heterocycles. The highest BCUT2D eigenvalue weighted by atomic mass is 19.1. The average molecular weight is 263 g/mol. The first kappa shape index (κ1) is 12.9. The van der Waals surface area contributed by atoms with Crippen LogP contribution in [0.4, 0.5) is 4.39 Å². The van der Waals surface area contributed by atoms with Crippen molar-refractivity contribution in [3.05, 3.63) is 29.3 Å². The molecular formula is C16H22FNO. The molecule has 0 radical (unpaired) electrons. The van der Waals surface area contributed by atoms with Crippen LogP contribution in [0.15, 0.2) is 18.2 Å². The number of hydrogen-bond acceptors (Lipinski definition) is 2. The summed E-state index contributed by atoms with van der Waals surface area (Å²) in [7, 11) is 3.75. The summed E-state index contributed by atoms with van der Waals surface area (Å²) in [5.74, 6) is 0.766. The molecule has 1 unspecified atom stereocenters. The van der Waals surface area contributed by atoms with Crippen LogP contribution < -0.4 is 4.74 Å². The molecule has 3 rings (SSSR count). The Morgan fingerprint density at radius 3 is 3.00 bits per heavy atom. The summed E-state index contributed by atoms with van der Waals surface area (Å²) in [6, 6.07) is 6.25. The number of likely N-dealkylation sites (tertiary alicyclic amines) is 1. The number of fused-ring (bicyclic) bond motifs is 1. The van der Waals surface area contributed by atoms with Crippen LogP contribution in [0.2, 0.25) is 0 Å². The quantitative estimate of drug-likeness (QED) is 0.829. The van der Waals surface area contributed by atoms with Gasteiger partial charge in [-0.2, -0.15) is 0 Å². The number of nitrogens with zero attached hydrogens (tertiary/aromatic N) is 1. The highest BCUT2D eigenvalue weighted by molar-refractivity contribution is 5.43. The van der Waals surface area contributed by atoms with E-state index in [1.807, 2.05) is 18.2 Å². The first-order valence-corrected chi connectivity index (χ1v) is 7.19. The first-order chi connectivity index (χ1) is 9.12. The maximum absolute atomic E-state index is 15.4. The van der Waals surface area contributed by atoms with E-state index in [9.17, 15) is 0 Å². The Labute approximate surface area is 114 Å². The lowest BCUT2D eigenvalue weighted by Crippen LogP contribution is -2.32. The largest absolute Gasteiger partial charge is 0.497 e. The van der Waals surface area contributed by atoms with Crippen molar-refractivity contribution >= 4 is 0 Å². The molecule has 2 nitrogen and oxygen atoms in total. The topological polar surface area (TPSA) is 12.5 Å². The fourth-order valence-electron chi connectivity index (χ4n) is 3.61. The number of benzene rings is 1. The fourth-order valence-corrected chi connectivity index (χ4v) is 3.61.